The van der Waals surface area contributed by atoms with Crippen LogP contribution in [0, 0.1) is 18.3 Å². The van der Waals surface area contributed by atoms with Crippen molar-refractivity contribution in [3.63, 3.8) is 0 Å². The summed E-state index contributed by atoms with van der Waals surface area (Å²) in [6.07, 6.45) is 11.8. The second kappa shape index (κ2) is 6.86. The summed E-state index contributed by atoms with van der Waals surface area (Å²) in [4.78, 5) is 0. The molecular formula is C12H20O2. The van der Waals surface area contributed by atoms with Crippen molar-refractivity contribution in [3.05, 3.63) is 0 Å². The first-order valence-corrected chi connectivity index (χ1v) is 5.52. The van der Waals surface area contributed by atoms with E-state index in [2.05, 4.69) is 5.92 Å². The molecule has 0 saturated heterocycles. The van der Waals surface area contributed by atoms with Gasteiger partial charge in [0.15, 0.2) is 0 Å². The van der Waals surface area contributed by atoms with Crippen molar-refractivity contribution in [2.45, 2.75) is 44.6 Å². The summed E-state index contributed by atoms with van der Waals surface area (Å²) < 4.78 is 5.70. The van der Waals surface area contributed by atoms with Crippen LogP contribution in [0.25, 0.3) is 0 Å². The predicted octanol–water partition coefficient (Wildman–Crippen LogP) is 1.97. The highest BCUT2D eigenvalue weighted by Crippen LogP contribution is 2.25. The molecule has 0 aromatic carbocycles. The Balaban J connectivity index is 2.02. The Labute approximate surface area is 86.7 Å². The number of ether oxygens (including phenoxy) is 1. The molecule has 1 N–H and O–H groups in total. The minimum Gasteiger partial charge on any atom is -0.396 e. The zero-order chi connectivity index (χ0) is 10.2. The van der Waals surface area contributed by atoms with Gasteiger partial charge in [0.1, 0.15) is 0 Å². The van der Waals surface area contributed by atoms with E-state index < -0.39 is 0 Å². The van der Waals surface area contributed by atoms with E-state index in [1.54, 1.807) is 0 Å². The molecule has 80 valence electrons. The summed E-state index contributed by atoms with van der Waals surface area (Å²) in [5.74, 6) is 3.12. The van der Waals surface area contributed by atoms with Crippen LogP contribution in [0.4, 0.5) is 0 Å². The van der Waals surface area contributed by atoms with Crippen molar-refractivity contribution >= 4 is 0 Å². The number of aliphatic hydroxyl groups excluding tert-OH is 1. The van der Waals surface area contributed by atoms with Crippen molar-refractivity contribution in [1.82, 2.24) is 0 Å². The van der Waals surface area contributed by atoms with Gasteiger partial charge in [-0.05, 0) is 38.0 Å². The molecule has 14 heavy (non-hydrogen) atoms. The van der Waals surface area contributed by atoms with E-state index in [0.717, 1.165) is 45.1 Å². The van der Waals surface area contributed by atoms with Crippen LogP contribution < -0.4 is 0 Å². The highest BCUT2D eigenvalue weighted by Gasteiger charge is 2.20. The minimum absolute atomic E-state index is 0.337. The highest BCUT2D eigenvalue weighted by atomic mass is 16.5. The molecule has 2 nitrogen and oxygen atoms in total. The Hall–Kier alpha value is -0.520. The molecule has 0 aliphatic heterocycles. The fourth-order valence-corrected chi connectivity index (χ4v) is 1.91. The largest absolute Gasteiger partial charge is 0.396 e. The summed E-state index contributed by atoms with van der Waals surface area (Å²) in [5, 5.41) is 8.96. The van der Waals surface area contributed by atoms with Gasteiger partial charge in [-0.25, -0.2) is 0 Å². The normalized spacial score (nSPS) is 27.1. The number of terminal acetylenes is 1. The average Bonchev–Trinajstić information content (AvgIpc) is 2.25. The minimum atomic E-state index is 0.337. The van der Waals surface area contributed by atoms with Gasteiger partial charge in [0.05, 0.1) is 6.10 Å². The zero-order valence-electron chi connectivity index (χ0n) is 8.74. The highest BCUT2D eigenvalue weighted by molar-refractivity contribution is 4.82. The number of unbranched alkanes of at least 4 members (excludes halogenated alkanes) is 1. The van der Waals surface area contributed by atoms with Crippen LogP contribution in [0.2, 0.25) is 0 Å². The van der Waals surface area contributed by atoms with Gasteiger partial charge in [0.2, 0.25) is 0 Å². The van der Waals surface area contributed by atoms with Crippen LogP contribution in [-0.2, 0) is 4.74 Å². The molecule has 0 spiro atoms. The summed E-state index contributed by atoms with van der Waals surface area (Å²) >= 11 is 0. The Morgan fingerprint density at radius 3 is 2.57 bits per heavy atom. The van der Waals surface area contributed by atoms with Gasteiger partial charge >= 0.3 is 0 Å². The monoisotopic (exact) mass is 196 g/mol. The van der Waals surface area contributed by atoms with Crippen molar-refractivity contribution in [2.24, 2.45) is 5.92 Å². The van der Waals surface area contributed by atoms with Crippen LogP contribution in [0.5, 0.6) is 0 Å². The third kappa shape index (κ3) is 4.13. The number of aliphatic hydroxyl groups is 1. The maximum Gasteiger partial charge on any atom is 0.0575 e. The maximum absolute atomic E-state index is 8.96. The molecule has 2 heteroatoms. The standard InChI is InChI=1S/C12H20O2/c1-2-3-4-9-14-12-7-5-11(10-13)6-8-12/h1,11-13H,3-10H2. The summed E-state index contributed by atoms with van der Waals surface area (Å²) in [7, 11) is 0. The molecule has 0 aromatic heterocycles. The van der Waals surface area contributed by atoms with E-state index in [-0.39, 0.29) is 0 Å². The smallest absolute Gasteiger partial charge is 0.0575 e. The SMILES string of the molecule is C#CCCCOC1CCC(CO)CC1. The molecule has 1 aliphatic rings. The molecule has 1 fully saturated rings. The lowest BCUT2D eigenvalue weighted by atomic mass is 9.88. The Kier molecular flexibility index (Phi) is 5.66. The molecule has 0 unspecified atom stereocenters. The molecule has 1 saturated carbocycles. The van der Waals surface area contributed by atoms with Crippen molar-refractivity contribution in [2.75, 3.05) is 13.2 Å². The number of hydrogen-bond donors (Lipinski definition) is 1. The van der Waals surface area contributed by atoms with E-state index in [4.69, 9.17) is 16.3 Å². The van der Waals surface area contributed by atoms with E-state index in [1.807, 2.05) is 0 Å². The van der Waals surface area contributed by atoms with E-state index in [9.17, 15) is 0 Å². The lowest BCUT2D eigenvalue weighted by Gasteiger charge is -2.27. The summed E-state index contributed by atoms with van der Waals surface area (Å²) in [6, 6.07) is 0. The van der Waals surface area contributed by atoms with Crippen molar-refractivity contribution in [1.29, 1.82) is 0 Å². The molecule has 0 radical (unpaired) electrons. The van der Waals surface area contributed by atoms with Gasteiger partial charge in [-0.3, -0.25) is 0 Å². The second-order valence-corrected chi connectivity index (χ2v) is 4.00. The molecule has 0 atom stereocenters. The Bertz CT molecular complexity index is 175. The van der Waals surface area contributed by atoms with Crippen molar-refractivity contribution < 1.29 is 9.84 Å². The van der Waals surface area contributed by atoms with Gasteiger partial charge in [-0.15, -0.1) is 12.3 Å². The lowest BCUT2D eigenvalue weighted by molar-refractivity contribution is 0.0108. The van der Waals surface area contributed by atoms with Gasteiger partial charge in [0, 0.05) is 19.6 Å². The molecule has 1 rings (SSSR count). The van der Waals surface area contributed by atoms with E-state index in [0.29, 0.717) is 18.6 Å². The van der Waals surface area contributed by atoms with Gasteiger partial charge in [-0.2, -0.15) is 0 Å². The third-order valence-electron chi connectivity index (χ3n) is 2.87. The average molecular weight is 196 g/mol. The third-order valence-corrected chi connectivity index (χ3v) is 2.87. The molecular weight excluding hydrogens is 176 g/mol. The molecule has 1 aliphatic carbocycles. The first-order valence-electron chi connectivity index (χ1n) is 5.52. The van der Waals surface area contributed by atoms with Crippen molar-refractivity contribution in [3.8, 4) is 12.3 Å². The van der Waals surface area contributed by atoms with Gasteiger partial charge in [-0.1, -0.05) is 0 Å². The molecule has 0 aromatic rings. The van der Waals surface area contributed by atoms with Crippen LogP contribution >= 0.6 is 0 Å². The van der Waals surface area contributed by atoms with E-state index >= 15 is 0 Å². The number of rotatable bonds is 5. The van der Waals surface area contributed by atoms with Crippen LogP contribution in [0.15, 0.2) is 0 Å². The molecule has 0 bridgehead atoms. The van der Waals surface area contributed by atoms with E-state index in [1.165, 1.54) is 0 Å². The first-order chi connectivity index (χ1) is 6.86. The quantitative estimate of drug-likeness (QED) is 0.538. The molecule has 0 heterocycles. The van der Waals surface area contributed by atoms with Gasteiger partial charge in [0.25, 0.3) is 0 Å². The maximum atomic E-state index is 8.96. The topological polar surface area (TPSA) is 29.5 Å². The Morgan fingerprint density at radius 1 is 1.29 bits per heavy atom. The fraction of sp³-hybridized carbons (Fsp3) is 0.833. The number of hydrogen-bond acceptors (Lipinski definition) is 2. The van der Waals surface area contributed by atoms with Gasteiger partial charge < -0.3 is 9.84 Å². The van der Waals surface area contributed by atoms with Crippen LogP contribution in [0.1, 0.15) is 38.5 Å². The zero-order valence-corrected chi connectivity index (χ0v) is 8.74. The lowest BCUT2D eigenvalue weighted by Crippen LogP contribution is -2.23. The fourth-order valence-electron chi connectivity index (χ4n) is 1.91. The summed E-state index contributed by atoms with van der Waals surface area (Å²) in [6.45, 7) is 1.13. The predicted molar refractivity (Wildman–Crippen MR) is 56.9 cm³/mol. The second-order valence-electron chi connectivity index (χ2n) is 4.00. The Morgan fingerprint density at radius 2 is 2.00 bits per heavy atom. The molecule has 0 amide bonds. The first kappa shape index (κ1) is 11.6. The van der Waals surface area contributed by atoms with Crippen LogP contribution in [-0.4, -0.2) is 24.4 Å². The summed E-state index contributed by atoms with van der Waals surface area (Å²) in [5.41, 5.74) is 0. The van der Waals surface area contributed by atoms with Crippen LogP contribution in [0.3, 0.4) is 0 Å².